The van der Waals surface area contributed by atoms with Crippen LogP contribution >= 0.6 is 11.3 Å². The fourth-order valence-corrected chi connectivity index (χ4v) is 3.00. The van der Waals surface area contributed by atoms with Gasteiger partial charge >= 0.3 is 6.09 Å². The predicted molar refractivity (Wildman–Crippen MR) is 81.3 cm³/mol. The summed E-state index contributed by atoms with van der Waals surface area (Å²) in [6.07, 6.45) is 3.51. The Labute approximate surface area is 124 Å². The number of hydrogen-bond donors (Lipinski definition) is 0. The Morgan fingerprint density at radius 2 is 2.10 bits per heavy atom. The lowest BCUT2D eigenvalue weighted by atomic mass is 10.0. The minimum atomic E-state index is -0.438. The van der Waals surface area contributed by atoms with E-state index in [1.54, 1.807) is 16.2 Å². The van der Waals surface area contributed by atoms with E-state index in [0.717, 1.165) is 31.1 Å². The van der Waals surface area contributed by atoms with Crippen LogP contribution in [0.4, 0.5) is 9.93 Å². The van der Waals surface area contributed by atoms with Crippen LogP contribution in [-0.2, 0) is 4.74 Å². The number of nitrogens with zero attached hydrogens (tertiary/aromatic N) is 3. The Kier molecular flexibility index (Phi) is 4.52. The molecule has 1 aromatic heterocycles. The molecule has 5 nitrogen and oxygen atoms in total. The SMILES string of the molecule is CN(C(=O)OC(C)(C)C)C1CCN(c2nccs2)CC1. The van der Waals surface area contributed by atoms with Crippen LogP contribution in [0.3, 0.4) is 0 Å². The molecule has 0 bridgehead atoms. The molecule has 2 rings (SSSR count). The van der Waals surface area contributed by atoms with Gasteiger partial charge in [0.1, 0.15) is 5.60 Å². The van der Waals surface area contributed by atoms with Gasteiger partial charge in [0.2, 0.25) is 0 Å². The maximum absolute atomic E-state index is 12.0. The number of hydrogen-bond acceptors (Lipinski definition) is 5. The number of piperidine rings is 1. The molecule has 0 atom stereocenters. The lowest BCUT2D eigenvalue weighted by Crippen LogP contribution is -2.47. The Bertz CT molecular complexity index is 434. The molecule has 0 unspecified atom stereocenters. The monoisotopic (exact) mass is 297 g/mol. The second kappa shape index (κ2) is 5.99. The van der Waals surface area contributed by atoms with Gasteiger partial charge in [0.05, 0.1) is 0 Å². The van der Waals surface area contributed by atoms with Gasteiger partial charge in [0, 0.05) is 37.8 Å². The Morgan fingerprint density at radius 3 is 2.60 bits per heavy atom. The van der Waals surface area contributed by atoms with Gasteiger partial charge in [-0.25, -0.2) is 9.78 Å². The summed E-state index contributed by atoms with van der Waals surface area (Å²) in [5.41, 5.74) is -0.438. The van der Waals surface area contributed by atoms with Gasteiger partial charge in [-0.05, 0) is 33.6 Å². The van der Waals surface area contributed by atoms with Crippen molar-refractivity contribution in [3.8, 4) is 0 Å². The molecule has 0 saturated carbocycles. The number of ether oxygens (including phenoxy) is 1. The topological polar surface area (TPSA) is 45.7 Å². The van der Waals surface area contributed by atoms with E-state index >= 15 is 0 Å². The molecule has 1 aliphatic heterocycles. The molecule has 112 valence electrons. The molecule has 6 heteroatoms. The van der Waals surface area contributed by atoms with Crippen molar-refractivity contribution in [2.45, 2.75) is 45.3 Å². The summed E-state index contributed by atoms with van der Waals surface area (Å²) in [5, 5.41) is 3.07. The van der Waals surface area contributed by atoms with Gasteiger partial charge in [-0.3, -0.25) is 0 Å². The van der Waals surface area contributed by atoms with Crippen molar-refractivity contribution in [1.29, 1.82) is 0 Å². The molecular formula is C14H23N3O2S. The average Bonchev–Trinajstić information content (AvgIpc) is 2.90. The van der Waals surface area contributed by atoms with Crippen molar-refractivity contribution >= 4 is 22.6 Å². The van der Waals surface area contributed by atoms with Crippen LogP contribution in [0.2, 0.25) is 0 Å². The van der Waals surface area contributed by atoms with Crippen LogP contribution in [0.25, 0.3) is 0 Å². The van der Waals surface area contributed by atoms with Crippen molar-refractivity contribution in [1.82, 2.24) is 9.88 Å². The van der Waals surface area contributed by atoms with Crippen molar-refractivity contribution < 1.29 is 9.53 Å². The molecule has 0 aromatic carbocycles. The first-order valence-corrected chi connectivity index (χ1v) is 7.85. The van der Waals surface area contributed by atoms with Crippen LogP contribution in [-0.4, -0.2) is 47.8 Å². The number of rotatable bonds is 2. The van der Waals surface area contributed by atoms with E-state index in [1.807, 2.05) is 39.4 Å². The zero-order valence-corrected chi connectivity index (χ0v) is 13.4. The van der Waals surface area contributed by atoms with E-state index in [0.29, 0.717) is 0 Å². The standard InChI is InChI=1S/C14H23N3O2S/c1-14(2,3)19-13(18)16(4)11-5-8-17(9-6-11)12-15-7-10-20-12/h7,10-11H,5-6,8-9H2,1-4H3. The summed E-state index contributed by atoms with van der Waals surface area (Å²) in [6, 6.07) is 0.251. The number of aromatic nitrogens is 1. The lowest BCUT2D eigenvalue weighted by molar-refractivity contribution is 0.0201. The van der Waals surface area contributed by atoms with Gasteiger partial charge < -0.3 is 14.5 Å². The first kappa shape index (κ1) is 15.1. The Morgan fingerprint density at radius 1 is 1.45 bits per heavy atom. The number of carbonyl (C=O) groups excluding carboxylic acids is 1. The number of thiazole rings is 1. The van der Waals surface area contributed by atoms with Gasteiger partial charge in [0.25, 0.3) is 0 Å². The Balaban J connectivity index is 1.85. The number of anilines is 1. The third kappa shape index (κ3) is 3.85. The molecule has 0 aliphatic carbocycles. The summed E-state index contributed by atoms with van der Waals surface area (Å²) in [5.74, 6) is 0. The fraction of sp³-hybridized carbons (Fsp3) is 0.714. The molecule has 0 N–H and O–H groups in total. The number of amides is 1. The first-order chi connectivity index (χ1) is 9.37. The van der Waals surface area contributed by atoms with Crippen LogP contribution in [0.5, 0.6) is 0 Å². The highest BCUT2D eigenvalue weighted by Crippen LogP contribution is 2.24. The molecule has 0 radical (unpaired) electrons. The largest absolute Gasteiger partial charge is 0.444 e. The van der Waals surface area contributed by atoms with Gasteiger partial charge in [-0.15, -0.1) is 11.3 Å². The molecule has 0 spiro atoms. The molecule has 1 aliphatic rings. The van der Waals surface area contributed by atoms with Crippen molar-refractivity contribution in [3.05, 3.63) is 11.6 Å². The third-order valence-corrected chi connectivity index (χ3v) is 4.22. The van der Waals surface area contributed by atoms with E-state index in [9.17, 15) is 4.79 Å². The normalized spacial score (nSPS) is 17.1. The molecule has 1 fully saturated rings. The second-order valence-corrected chi connectivity index (χ2v) is 7.00. The first-order valence-electron chi connectivity index (χ1n) is 6.97. The van der Waals surface area contributed by atoms with E-state index in [-0.39, 0.29) is 12.1 Å². The molecular weight excluding hydrogens is 274 g/mol. The van der Waals surface area contributed by atoms with Crippen molar-refractivity contribution in [2.75, 3.05) is 25.0 Å². The minimum Gasteiger partial charge on any atom is -0.444 e. The zero-order valence-electron chi connectivity index (χ0n) is 12.6. The Hall–Kier alpha value is -1.30. The van der Waals surface area contributed by atoms with Gasteiger partial charge in [0.15, 0.2) is 5.13 Å². The number of carbonyl (C=O) groups is 1. The predicted octanol–water partition coefficient (Wildman–Crippen LogP) is 2.98. The molecule has 1 saturated heterocycles. The van der Waals surface area contributed by atoms with Crippen molar-refractivity contribution in [3.63, 3.8) is 0 Å². The van der Waals surface area contributed by atoms with Crippen molar-refractivity contribution in [2.24, 2.45) is 0 Å². The summed E-state index contributed by atoms with van der Waals surface area (Å²) < 4.78 is 5.41. The van der Waals surface area contributed by atoms with Crippen LogP contribution < -0.4 is 4.90 Å². The van der Waals surface area contributed by atoms with E-state index in [1.165, 1.54) is 0 Å². The summed E-state index contributed by atoms with van der Waals surface area (Å²) >= 11 is 1.66. The van der Waals surface area contributed by atoms with Gasteiger partial charge in [-0.2, -0.15) is 0 Å². The zero-order chi connectivity index (χ0) is 14.8. The van der Waals surface area contributed by atoms with Crippen LogP contribution in [0, 0.1) is 0 Å². The minimum absolute atomic E-state index is 0.231. The molecule has 1 aromatic rings. The van der Waals surface area contributed by atoms with E-state index < -0.39 is 5.60 Å². The average molecular weight is 297 g/mol. The molecule has 20 heavy (non-hydrogen) atoms. The lowest BCUT2D eigenvalue weighted by Gasteiger charge is -2.37. The fourth-order valence-electron chi connectivity index (χ4n) is 2.30. The summed E-state index contributed by atoms with van der Waals surface area (Å²) in [4.78, 5) is 20.4. The van der Waals surface area contributed by atoms with E-state index in [2.05, 4.69) is 9.88 Å². The smallest absolute Gasteiger partial charge is 0.410 e. The molecule has 1 amide bonds. The highest BCUT2D eigenvalue weighted by atomic mass is 32.1. The highest BCUT2D eigenvalue weighted by Gasteiger charge is 2.28. The van der Waals surface area contributed by atoms with Gasteiger partial charge in [-0.1, -0.05) is 0 Å². The van der Waals surface area contributed by atoms with Crippen LogP contribution in [0.1, 0.15) is 33.6 Å². The molecule has 2 heterocycles. The highest BCUT2D eigenvalue weighted by molar-refractivity contribution is 7.13. The van der Waals surface area contributed by atoms with E-state index in [4.69, 9.17) is 4.74 Å². The summed E-state index contributed by atoms with van der Waals surface area (Å²) in [6.45, 7) is 7.55. The third-order valence-electron chi connectivity index (χ3n) is 3.38. The maximum Gasteiger partial charge on any atom is 0.410 e. The maximum atomic E-state index is 12.0. The second-order valence-electron chi connectivity index (χ2n) is 6.12. The quantitative estimate of drug-likeness (QED) is 0.842. The summed E-state index contributed by atoms with van der Waals surface area (Å²) in [7, 11) is 1.83. The van der Waals surface area contributed by atoms with Crippen LogP contribution in [0.15, 0.2) is 11.6 Å².